The molecule has 1 aromatic rings. The number of carbonyl (C=O) groups is 1. The molecular formula is C16H24N2O3. The lowest BCUT2D eigenvalue weighted by atomic mass is 9.78. The van der Waals surface area contributed by atoms with Crippen LogP contribution in [0, 0.1) is 5.41 Å². The molecule has 1 atom stereocenters. The summed E-state index contributed by atoms with van der Waals surface area (Å²) in [5.74, 6) is 0.334. The van der Waals surface area contributed by atoms with Gasteiger partial charge in [-0.25, -0.2) is 0 Å². The molecule has 1 aromatic heterocycles. The molecule has 21 heavy (non-hydrogen) atoms. The number of nitrogens with zero attached hydrogens (tertiary/aromatic N) is 2. The predicted octanol–water partition coefficient (Wildman–Crippen LogP) is 1.74. The fourth-order valence-corrected chi connectivity index (χ4v) is 3.68. The minimum atomic E-state index is -0.157. The fourth-order valence-electron chi connectivity index (χ4n) is 3.68. The SMILES string of the molecule is COCCN1CCC[C@]2(CCN(Cc3ccoc3)C2)C1=O. The van der Waals surface area contributed by atoms with E-state index in [-0.39, 0.29) is 5.41 Å². The molecule has 5 heteroatoms. The van der Waals surface area contributed by atoms with Gasteiger partial charge in [0.1, 0.15) is 0 Å². The Labute approximate surface area is 125 Å². The lowest BCUT2D eigenvalue weighted by Crippen LogP contribution is -2.50. The molecule has 0 unspecified atom stereocenters. The predicted molar refractivity (Wildman–Crippen MR) is 78.7 cm³/mol. The summed E-state index contributed by atoms with van der Waals surface area (Å²) < 4.78 is 10.2. The third-order valence-electron chi connectivity index (χ3n) is 4.81. The molecule has 2 saturated heterocycles. The molecule has 116 valence electrons. The van der Waals surface area contributed by atoms with Gasteiger partial charge in [0, 0.05) is 38.9 Å². The summed E-state index contributed by atoms with van der Waals surface area (Å²) in [5.41, 5.74) is 1.03. The first-order chi connectivity index (χ1) is 10.2. The minimum Gasteiger partial charge on any atom is -0.472 e. The summed E-state index contributed by atoms with van der Waals surface area (Å²) >= 11 is 0. The normalized spacial score (nSPS) is 26.9. The molecule has 2 aliphatic rings. The minimum absolute atomic E-state index is 0.157. The molecule has 0 aliphatic carbocycles. The zero-order valence-corrected chi connectivity index (χ0v) is 12.7. The number of rotatable bonds is 5. The van der Waals surface area contributed by atoms with Gasteiger partial charge in [0.05, 0.1) is 24.5 Å². The van der Waals surface area contributed by atoms with E-state index in [1.165, 1.54) is 5.56 Å². The van der Waals surface area contributed by atoms with Crippen LogP contribution in [0.5, 0.6) is 0 Å². The number of ether oxygens (including phenoxy) is 1. The van der Waals surface area contributed by atoms with Crippen LogP contribution in [0.3, 0.4) is 0 Å². The number of hydrogen-bond donors (Lipinski definition) is 0. The maximum Gasteiger partial charge on any atom is 0.230 e. The third kappa shape index (κ3) is 2.99. The van der Waals surface area contributed by atoms with E-state index in [1.54, 1.807) is 19.6 Å². The zero-order valence-electron chi connectivity index (χ0n) is 12.7. The lowest BCUT2D eigenvalue weighted by molar-refractivity contribution is -0.146. The van der Waals surface area contributed by atoms with Crippen LogP contribution in [0.2, 0.25) is 0 Å². The van der Waals surface area contributed by atoms with E-state index < -0.39 is 0 Å². The molecule has 5 nitrogen and oxygen atoms in total. The summed E-state index contributed by atoms with van der Waals surface area (Å²) in [6, 6.07) is 2.00. The highest BCUT2D eigenvalue weighted by Crippen LogP contribution is 2.40. The fraction of sp³-hybridized carbons (Fsp3) is 0.688. The molecule has 0 saturated carbocycles. The van der Waals surface area contributed by atoms with Crippen molar-refractivity contribution in [1.82, 2.24) is 9.80 Å². The molecule has 0 radical (unpaired) electrons. The quantitative estimate of drug-likeness (QED) is 0.829. The van der Waals surface area contributed by atoms with Crippen LogP contribution in [-0.2, 0) is 16.1 Å². The molecule has 1 spiro atoms. The zero-order chi connectivity index (χ0) is 14.7. The van der Waals surface area contributed by atoms with Crippen molar-refractivity contribution in [3.63, 3.8) is 0 Å². The van der Waals surface area contributed by atoms with Gasteiger partial charge in [-0.3, -0.25) is 9.69 Å². The number of likely N-dealkylation sites (tertiary alicyclic amines) is 2. The van der Waals surface area contributed by atoms with Crippen molar-refractivity contribution in [2.24, 2.45) is 5.41 Å². The second-order valence-corrected chi connectivity index (χ2v) is 6.26. The van der Waals surface area contributed by atoms with Gasteiger partial charge in [-0.15, -0.1) is 0 Å². The van der Waals surface area contributed by atoms with Gasteiger partial charge in [0.2, 0.25) is 5.91 Å². The number of hydrogen-bond acceptors (Lipinski definition) is 4. The van der Waals surface area contributed by atoms with Crippen molar-refractivity contribution < 1.29 is 13.9 Å². The average Bonchev–Trinajstić information content (AvgIpc) is 3.12. The number of carbonyl (C=O) groups excluding carboxylic acids is 1. The Balaban J connectivity index is 1.63. The van der Waals surface area contributed by atoms with Gasteiger partial charge in [-0.2, -0.15) is 0 Å². The lowest BCUT2D eigenvalue weighted by Gasteiger charge is -2.39. The van der Waals surface area contributed by atoms with Crippen LogP contribution >= 0.6 is 0 Å². The Kier molecular flexibility index (Phi) is 4.31. The van der Waals surface area contributed by atoms with E-state index >= 15 is 0 Å². The van der Waals surface area contributed by atoms with Gasteiger partial charge in [-0.1, -0.05) is 0 Å². The van der Waals surface area contributed by atoms with E-state index in [1.807, 2.05) is 11.0 Å². The van der Waals surface area contributed by atoms with Crippen molar-refractivity contribution >= 4 is 5.91 Å². The van der Waals surface area contributed by atoms with Crippen LogP contribution in [0.1, 0.15) is 24.8 Å². The first-order valence-corrected chi connectivity index (χ1v) is 7.75. The van der Waals surface area contributed by atoms with Crippen LogP contribution < -0.4 is 0 Å². The standard InChI is InChI=1S/C16H24N2O3/c1-20-10-8-18-6-2-4-16(15(18)19)5-7-17(13-16)11-14-3-9-21-12-14/h3,9,12H,2,4-8,10-11,13H2,1H3/t16-/m1/s1. The first kappa shape index (κ1) is 14.6. The van der Waals surface area contributed by atoms with E-state index in [4.69, 9.17) is 9.15 Å². The summed E-state index contributed by atoms with van der Waals surface area (Å²) in [4.78, 5) is 17.2. The topological polar surface area (TPSA) is 45.9 Å². The van der Waals surface area contributed by atoms with E-state index in [2.05, 4.69) is 4.90 Å². The number of amides is 1. The Hall–Kier alpha value is -1.33. The van der Waals surface area contributed by atoms with Gasteiger partial charge >= 0.3 is 0 Å². The number of furan rings is 1. The maximum atomic E-state index is 12.8. The van der Waals surface area contributed by atoms with Gasteiger partial charge in [0.15, 0.2) is 0 Å². The molecule has 3 rings (SSSR count). The third-order valence-corrected chi connectivity index (χ3v) is 4.81. The second-order valence-electron chi connectivity index (χ2n) is 6.26. The molecule has 3 heterocycles. The Morgan fingerprint density at radius 2 is 2.29 bits per heavy atom. The first-order valence-electron chi connectivity index (χ1n) is 7.75. The monoisotopic (exact) mass is 292 g/mol. The van der Waals surface area contributed by atoms with Crippen LogP contribution in [0.4, 0.5) is 0 Å². The van der Waals surface area contributed by atoms with Crippen LogP contribution in [0.25, 0.3) is 0 Å². The van der Waals surface area contributed by atoms with Crippen molar-refractivity contribution in [2.45, 2.75) is 25.8 Å². The van der Waals surface area contributed by atoms with Crippen molar-refractivity contribution in [3.8, 4) is 0 Å². The molecule has 0 N–H and O–H groups in total. The highest BCUT2D eigenvalue weighted by atomic mass is 16.5. The van der Waals surface area contributed by atoms with Crippen molar-refractivity contribution in [1.29, 1.82) is 0 Å². The Morgan fingerprint density at radius 1 is 1.38 bits per heavy atom. The van der Waals surface area contributed by atoms with Gasteiger partial charge < -0.3 is 14.1 Å². The van der Waals surface area contributed by atoms with Crippen molar-refractivity contribution in [2.75, 3.05) is 39.9 Å². The molecule has 2 aliphatic heterocycles. The van der Waals surface area contributed by atoms with E-state index in [0.717, 1.165) is 52.0 Å². The van der Waals surface area contributed by atoms with Crippen LogP contribution in [0.15, 0.2) is 23.0 Å². The molecule has 1 amide bonds. The largest absolute Gasteiger partial charge is 0.472 e. The van der Waals surface area contributed by atoms with E-state index in [9.17, 15) is 4.79 Å². The number of methoxy groups -OCH3 is 1. The molecule has 0 bridgehead atoms. The summed E-state index contributed by atoms with van der Waals surface area (Å²) in [6.07, 6.45) is 6.61. The van der Waals surface area contributed by atoms with E-state index in [0.29, 0.717) is 12.5 Å². The molecule has 0 aromatic carbocycles. The average molecular weight is 292 g/mol. The Bertz CT molecular complexity index is 474. The number of piperidine rings is 1. The van der Waals surface area contributed by atoms with Crippen molar-refractivity contribution in [3.05, 3.63) is 24.2 Å². The highest BCUT2D eigenvalue weighted by molar-refractivity contribution is 5.84. The molecular weight excluding hydrogens is 268 g/mol. The van der Waals surface area contributed by atoms with Crippen LogP contribution in [-0.4, -0.2) is 55.6 Å². The second kappa shape index (κ2) is 6.20. The smallest absolute Gasteiger partial charge is 0.230 e. The summed E-state index contributed by atoms with van der Waals surface area (Å²) in [7, 11) is 1.69. The Morgan fingerprint density at radius 3 is 3.05 bits per heavy atom. The maximum absolute atomic E-state index is 12.8. The molecule has 2 fully saturated rings. The summed E-state index contributed by atoms with van der Waals surface area (Å²) in [5, 5.41) is 0. The summed E-state index contributed by atoms with van der Waals surface area (Å²) in [6.45, 7) is 4.98. The van der Waals surface area contributed by atoms with Gasteiger partial charge in [0.25, 0.3) is 0 Å². The van der Waals surface area contributed by atoms with Gasteiger partial charge in [-0.05, 0) is 31.9 Å². The highest BCUT2D eigenvalue weighted by Gasteiger charge is 2.47.